The van der Waals surface area contributed by atoms with Gasteiger partial charge in [0.25, 0.3) is 0 Å². The second kappa shape index (κ2) is 25.3. The minimum atomic E-state index is 0. The molecule has 0 atom stereocenters. The molecule has 0 nitrogen and oxygen atoms in total. The molecular formula is C14H24P2Ru-3. The van der Waals surface area contributed by atoms with Gasteiger partial charge in [0.2, 0.25) is 0 Å². The van der Waals surface area contributed by atoms with Crippen LogP contribution in [-0.4, -0.2) is 40.0 Å². The van der Waals surface area contributed by atoms with E-state index in [0.717, 1.165) is 0 Å². The number of rotatable bonds is 0. The monoisotopic (exact) mass is 356 g/mol. The standard InChI is InChI=1S/C5H.2C3H9P.C3H3.Ru/c1-2-4-5-3-1;2*1-4(2)3;1-3-2;/h1H;2*1-3H3;1H,2H2;/q-5;;;-1;+1/p+2. The van der Waals surface area contributed by atoms with Crippen molar-refractivity contribution in [2.75, 3.05) is 40.0 Å². The summed E-state index contributed by atoms with van der Waals surface area (Å²) in [7, 11) is 0.241. The van der Waals surface area contributed by atoms with Crippen molar-refractivity contribution in [2.45, 2.75) is 0 Å². The normalized spacial score (nSPS) is 7.06. The molecule has 1 aromatic carbocycles. The zero-order valence-corrected chi connectivity index (χ0v) is 15.5. The van der Waals surface area contributed by atoms with Crippen LogP contribution >= 0.6 is 15.8 Å². The van der Waals surface area contributed by atoms with Crippen LogP contribution in [0.25, 0.3) is 0 Å². The summed E-state index contributed by atoms with van der Waals surface area (Å²) in [6.45, 7) is 21.1. The van der Waals surface area contributed by atoms with Gasteiger partial charge in [-0.15, -0.1) is 0 Å². The van der Waals surface area contributed by atoms with Gasteiger partial charge in [-0.3, -0.25) is 0 Å². The van der Waals surface area contributed by atoms with E-state index in [4.69, 9.17) is 0 Å². The minimum Gasteiger partial charge on any atom is -0.999 e. The fraction of sp³-hybridized carbons (Fsp3) is 0.429. The second-order valence-electron chi connectivity index (χ2n) is 3.89. The van der Waals surface area contributed by atoms with E-state index in [2.05, 4.69) is 77.4 Å². The van der Waals surface area contributed by atoms with Crippen LogP contribution in [0.4, 0.5) is 0 Å². The van der Waals surface area contributed by atoms with Crippen molar-refractivity contribution < 1.29 is 19.5 Å². The topological polar surface area (TPSA) is 0 Å². The molecular weight excluding hydrogens is 331 g/mol. The van der Waals surface area contributed by atoms with Gasteiger partial charge < -0.3 is 36.1 Å². The molecule has 0 saturated heterocycles. The van der Waals surface area contributed by atoms with E-state index in [9.17, 15) is 0 Å². The van der Waals surface area contributed by atoms with Crippen molar-refractivity contribution >= 4 is 15.8 Å². The van der Waals surface area contributed by atoms with E-state index in [0.29, 0.717) is 0 Å². The summed E-state index contributed by atoms with van der Waals surface area (Å²) in [5.74, 6) is 0. The first kappa shape index (κ1) is 26.0. The molecule has 1 radical (unpaired) electrons. The molecule has 0 unspecified atom stereocenters. The van der Waals surface area contributed by atoms with E-state index in [1.165, 1.54) is 0 Å². The molecule has 0 aliphatic rings. The molecule has 0 aliphatic heterocycles. The average molecular weight is 355 g/mol. The Hall–Kier alpha value is 0.353. The maximum atomic E-state index is 4.49. The third-order valence-electron chi connectivity index (χ3n) is 0.351. The van der Waals surface area contributed by atoms with E-state index in [1.807, 2.05) is 5.73 Å². The zero-order chi connectivity index (χ0) is 13.4. The summed E-state index contributed by atoms with van der Waals surface area (Å²) >= 11 is 0. The molecule has 0 heterocycles. The molecule has 0 fully saturated rings. The molecule has 0 spiro atoms. The average Bonchev–Trinajstić information content (AvgIpc) is 2.57. The second-order valence-corrected chi connectivity index (χ2v) is 9.89. The van der Waals surface area contributed by atoms with Crippen molar-refractivity contribution in [1.29, 1.82) is 0 Å². The van der Waals surface area contributed by atoms with E-state index in [1.54, 1.807) is 6.07 Å². The van der Waals surface area contributed by atoms with Crippen molar-refractivity contribution in [3.8, 4) is 0 Å². The molecule has 0 saturated carbocycles. The SMILES string of the molecule is C[PH+](C)C.C[PH+](C)C.[CH-]=C=C.[Ru+].[c-]1[c-][c-][cH-][c-]1. The first-order valence-electron chi connectivity index (χ1n) is 4.97. The smallest absolute Gasteiger partial charge is 0.999 e. The van der Waals surface area contributed by atoms with Crippen LogP contribution in [0.2, 0.25) is 0 Å². The van der Waals surface area contributed by atoms with Gasteiger partial charge in [-0.25, -0.2) is 13.2 Å². The Bertz CT molecular complexity index is 181. The van der Waals surface area contributed by atoms with Gasteiger partial charge in [-0.2, -0.15) is 0 Å². The Morgan fingerprint density at radius 2 is 1.12 bits per heavy atom. The van der Waals surface area contributed by atoms with Crippen molar-refractivity contribution in [3.63, 3.8) is 0 Å². The van der Waals surface area contributed by atoms with Gasteiger partial charge in [0.15, 0.2) is 0 Å². The van der Waals surface area contributed by atoms with Gasteiger partial charge in [0, 0.05) is 40.0 Å². The molecule has 0 N–H and O–H groups in total. The summed E-state index contributed by atoms with van der Waals surface area (Å²) in [6.07, 6.45) is 0. The predicted molar refractivity (Wildman–Crippen MR) is 83.0 cm³/mol. The van der Waals surface area contributed by atoms with Crippen LogP contribution in [-0.2, 0) is 19.5 Å². The van der Waals surface area contributed by atoms with E-state index >= 15 is 0 Å². The Morgan fingerprint density at radius 1 is 0.941 bits per heavy atom. The van der Waals surface area contributed by atoms with Crippen LogP contribution in [0, 0.1) is 30.8 Å². The summed E-state index contributed by atoms with van der Waals surface area (Å²) in [4.78, 5) is 0. The third-order valence-corrected chi connectivity index (χ3v) is 0.351. The van der Waals surface area contributed by atoms with Gasteiger partial charge in [-0.05, 0) is 15.8 Å². The maximum absolute atomic E-state index is 4.49. The van der Waals surface area contributed by atoms with E-state index < -0.39 is 0 Å². The predicted octanol–water partition coefficient (Wildman–Crippen LogP) is 3.54. The minimum absolute atomic E-state index is 0. The molecule has 0 bridgehead atoms. The largest absolute Gasteiger partial charge is 1.00 e. The van der Waals surface area contributed by atoms with Gasteiger partial charge in [0.1, 0.15) is 0 Å². The molecule has 0 aliphatic carbocycles. The zero-order valence-electron chi connectivity index (χ0n) is 11.7. The van der Waals surface area contributed by atoms with Crippen molar-refractivity contribution in [2.24, 2.45) is 0 Å². The van der Waals surface area contributed by atoms with Crippen LogP contribution in [0.1, 0.15) is 0 Å². The van der Waals surface area contributed by atoms with Crippen LogP contribution < -0.4 is 0 Å². The van der Waals surface area contributed by atoms with Crippen LogP contribution in [0.15, 0.2) is 18.4 Å². The first-order chi connectivity index (χ1) is 7.38. The van der Waals surface area contributed by atoms with Crippen molar-refractivity contribution in [3.05, 3.63) is 49.2 Å². The Balaban J connectivity index is -0.0000000664. The molecule has 17 heavy (non-hydrogen) atoms. The maximum Gasteiger partial charge on any atom is 1.00 e. The molecule has 3 heteroatoms. The van der Waals surface area contributed by atoms with Crippen molar-refractivity contribution in [1.82, 2.24) is 0 Å². The van der Waals surface area contributed by atoms with Crippen LogP contribution in [0.3, 0.4) is 0 Å². The molecule has 0 amide bonds. The van der Waals surface area contributed by atoms with Crippen LogP contribution in [0.5, 0.6) is 0 Å². The summed E-state index contributed by atoms with van der Waals surface area (Å²) < 4.78 is 0. The number of hydrogen-bond acceptors (Lipinski definition) is 0. The number of hydrogen-bond donors (Lipinski definition) is 0. The van der Waals surface area contributed by atoms with E-state index in [-0.39, 0.29) is 35.3 Å². The quantitative estimate of drug-likeness (QED) is 0.289. The summed E-state index contributed by atoms with van der Waals surface area (Å²) in [5.41, 5.74) is 2.00. The van der Waals surface area contributed by atoms with Gasteiger partial charge >= 0.3 is 19.5 Å². The summed E-state index contributed by atoms with van der Waals surface area (Å²) in [5, 5.41) is 0. The Morgan fingerprint density at radius 3 is 1.18 bits per heavy atom. The van der Waals surface area contributed by atoms with Gasteiger partial charge in [0.05, 0.1) is 0 Å². The first-order valence-corrected chi connectivity index (χ1v) is 11.0. The Labute approximate surface area is 124 Å². The molecule has 101 valence electrons. The molecule has 1 rings (SSSR count). The molecule has 0 aromatic heterocycles. The third kappa shape index (κ3) is 118. The summed E-state index contributed by atoms with van der Waals surface area (Å²) in [6, 6.07) is 12.0. The fourth-order valence-corrected chi connectivity index (χ4v) is 0.180. The van der Waals surface area contributed by atoms with Gasteiger partial charge in [-0.1, -0.05) is 0 Å². The Kier molecular flexibility index (Phi) is 38.7. The fourth-order valence-electron chi connectivity index (χ4n) is 0.180. The molecule has 1 aromatic rings.